The lowest BCUT2D eigenvalue weighted by Gasteiger charge is -2.23. The van der Waals surface area contributed by atoms with Crippen molar-refractivity contribution >= 4 is 6.16 Å². The van der Waals surface area contributed by atoms with Gasteiger partial charge in [-0.05, 0) is 6.92 Å². The van der Waals surface area contributed by atoms with E-state index in [0.717, 1.165) is 0 Å². The molecule has 0 aliphatic rings. The third-order valence-corrected chi connectivity index (χ3v) is 1.13. The zero-order chi connectivity index (χ0) is 9.61. The number of rotatable bonds is 5. The summed E-state index contributed by atoms with van der Waals surface area (Å²) in [5, 5.41) is 8.10. The van der Waals surface area contributed by atoms with Gasteiger partial charge in [-0.1, -0.05) is 0 Å². The highest BCUT2D eigenvalue weighted by molar-refractivity contribution is 5.55. The average molecular weight is 180 g/mol. The van der Waals surface area contributed by atoms with E-state index in [1.54, 1.807) is 0 Å². The Hall–Kier alpha value is -0.850. The Balaban J connectivity index is 3.86. The lowest BCUT2D eigenvalue weighted by molar-refractivity contribution is -0.397. The van der Waals surface area contributed by atoms with Gasteiger partial charge in [-0.25, -0.2) is 4.79 Å². The topological polar surface area (TPSA) is 74.2 Å². The number of carboxylic acid groups (broad SMARTS) is 1. The fourth-order valence-electron chi connectivity index (χ4n) is 0.503. The molecule has 0 saturated heterocycles. The van der Waals surface area contributed by atoms with Gasteiger partial charge in [0.15, 0.2) is 0 Å². The van der Waals surface area contributed by atoms with Crippen molar-refractivity contribution in [3.05, 3.63) is 0 Å². The summed E-state index contributed by atoms with van der Waals surface area (Å²) >= 11 is 0. The van der Waals surface area contributed by atoms with Crippen molar-refractivity contribution in [3.8, 4) is 0 Å². The van der Waals surface area contributed by atoms with Gasteiger partial charge in [-0.2, -0.15) is 0 Å². The molecule has 0 amide bonds. The highest BCUT2D eigenvalue weighted by atomic mass is 17.3. The van der Waals surface area contributed by atoms with Crippen molar-refractivity contribution in [2.75, 3.05) is 20.8 Å². The van der Waals surface area contributed by atoms with Crippen LogP contribution in [-0.2, 0) is 19.2 Å². The standard InChI is InChI=1S/C6H12O6/c1-6(10-3,4-9-2)12-11-5(7)8/h4H2,1-3H3,(H,7,8). The molecule has 12 heavy (non-hydrogen) atoms. The Kier molecular flexibility index (Phi) is 4.57. The van der Waals surface area contributed by atoms with Gasteiger partial charge in [-0.3, -0.25) is 4.89 Å². The first kappa shape index (κ1) is 11.2. The summed E-state index contributed by atoms with van der Waals surface area (Å²) in [4.78, 5) is 18.2. The lowest BCUT2D eigenvalue weighted by atomic mass is 10.3. The summed E-state index contributed by atoms with van der Waals surface area (Å²) in [5.41, 5.74) is 0. The molecule has 72 valence electrons. The minimum absolute atomic E-state index is 0.0663. The van der Waals surface area contributed by atoms with E-state index in [0.29, 0.717) is 0 Å². The van der Waals surface area contributed by atoms with Gasteiger partial charge in [-0.15, -0.1) is 4.89 Å². The van der Waals surface area contributed by atoms with Gasteiger partial charge in [0.25, 0.3) is 0 Å². The quantitative estimate of drug-likeness (QED) is 0.380. The number of hydrogen-bond donors (Lipinski definition) is 1. The number of ether oxygens (including phenoxy) is 2. The highest BCUT2D eigenvalue weighted by Gasteiger charge is 2.27. The lowest BCUT2D eigenvalue weighted by Crippen LogP contribution is -2.36. The first-order valence-electron chi connectivity index (χ1n) is 3.17. The molecule has 0 fully saturated rings. The second kappa shape index (κ2) is 4.91. The maximum Gasteiger partial charge on any atom is 0.538 e. The molecule has 6 nitrogen and oxygen atoms in total. The molecule has 0 saturated carbocycles. The first-order chi connectivity index (χ1) is 5.54. The first-order valence-corrected chi connectivity index (χ1v) is 3.17. The average Bonchev–Trinajstić information content (AvgIpc) is 2.02. The second-order valence-corrected chi connectivity index (χ2v) is 2.20. The minimum Gasteiger partial charge on any atom is -0.448 e. The molecule has 6 heteroatoms. The Bertz CT molecular complexity index is 147. The zero-order valence-electron chi connectivity index (χ0n) is 7.20. The molecule has 0 bridgehead atoms. The van der Waals surface area contributed by atoms with Crippen LogP contribution < -0.4 is 0 Å². The molecule has 1 atom stereocenters. The summed E-state index contributed by atoms with van der Waals surface area (Å²) in [5.74, 6) is -1.20. The molecular weight excluding hydrogens is 168 g/mol. The molecular formula is C6H12O6. The van der Waals surface area contributed by atoms with E-state index in [1.165, 1.54) is 21.1 Å². The smallest absolute Gasteiger partial charge is 0.448 e. The molecule has 0 heterocycles. The third-order valence-electron chi connectivity index (χ3n) is 1.13. The molecule has 0 aromatic rings. The van der Waals surface area contributed by atoms with Crippen LogP contribution in [0.2, 0.25) is 0 Å². The molecule has 0 spiro atoms. The Morgan fingerprint density at radius 3 is 2.42 bits per heavy atom. The number of carbonyl (C=O) groups is 1. The summed E-state index contributed by atoms with van der Waals surface area (Å²) < 4.78 is 9.50. The van der Waals surface area contributed by atoms with Crippen molar-refractivity contribution in [2.24, 2.45) is 0 Å². The van der Waals surface area contributed by atoms with Crippen LogP contribution >= 0.6 is 0 Å². The second-order valence-electron chi connectivity index (χ2n) is 2.20. The molecule has 0 aromatic carbocycles. The Labute approximate surface area is 69.9 Å². The van der Waals surface area contributed by atoms with E-state index < -0.39 is 11.9 Å². The highest BCUT2D eigenvalue weighted by Crippen LogP contribution is 2.11. The molecule has 1 N–H and O–H groups in total. The molecule has 0 radical (unpaired) electrons. The van der Waals surface area contributed by atoms with Crippen LogP contribution in [0.15, 0.2) is 0 Å². The van der Waals surface area contributed by atoms with Crippen molar-refractivity contribution in [1.82, 2.24) is 0 Å². The van der Waals surface area contributed by atoms with Gasteiger partial charge in [0.1, 0.15) is 6.61 Å². The summed E-state index contributed by atoms with van der Waals surface area (Å²) in [6, 6.07) is 0. The van der Waals surface area contributed by atoms with Gasteiger partial charge in [0, 0.05) is 14.2 Å². The van der Waals surface area contributed by atoms with Crippen LogP contribution in [0.5, 0.6) is 0 Å². The van der Waals surface area contributed by atoms with Crippen LogP contribution in [0.4, 0.5) is 4.79 Å². The monoisotopic (exact) mass is 180 g/mol. The van der Waals surface area contributed by atoms with E-state index >= 15 is 0 Å². The van der Waals surface area contributed by atoms with Crippen molar-refractivity contribution < 1.29 is 29.1 Å². The zero-order valence-corrected chi connectivity index (χ0v) is 7.20. The van der Waals surface area contributed by atoms with Crippen LogP contribution in [0, 0.1) is 0 Å². The maximum absolute atomic E-state index is 9.92. The van der Waals surface area contributed by atoms with Crippen molar-refractivity contribution in [1.29, 1.82) is 0 Å². The Morgan fingerprint density at radius 1 is 1.50 bits per heavy atom. The van der Waals surface area contributed by atoms with E-state index in [1.807, 2.05) is 0 Å². The van der Waals surface area contributed by atoms with E-state index in [9.17, 15) is 4.79 Å². The van der Waals surface area contributed by atoms with Crippen molar-refractivity contribution in [3.63, 3.8) is 0 Å². The number of methoxy groups -OCH3 is 2. The molecule has 1 unspecified atom stereocenters. The van der Waals surface area contributed by atoms with Gasteiger partial charge < -0.3 is 14.6 Å². The van der Waals surface area contributed by atoms with E-state index in [4.69, 9.17) is 14.6 Å². The van der Waals surface area contributed by atoms with Gasteiger partial charge in [0.2, 0.25) is 5.79 Å². The number of hydrogen-bond acceptors (Lipinski definition) is 5. The maximum atomic E-state index is 9.92. The third kappa shape index (κ3) is 4.12. The van der Waals surface area contributed by atoms with Gasteiger partial charge in [0.05, 0.1) is 0 Å². The predicted octanol–water partition coefficient (Wildman–Crippen LogP) is 0.622. The summed E-state index contributed by atoms with van der Waals surface area (Å²) in [6.45, 7) is 1.55. The van der Waals surface area contributed by atoms with Crippen LogP contribution in [0.3, 0.4) is 0 Å². The van der Waals surface area contributed by atoms with Crippen LogP contribution in [-0.4, -0.2) is 37.9 Å². The molecule has 0 rings (SSSR count). The fraction of sp³-hybridized carbons (Fsp3) is 0.833. The fourth-order valence-corrected chi connectivity index (χ4v) is 0.503. The molecule has 0 aromatic heterocycles. The van der Waals surface area contributed by atoms with Crippen LogP contribution in [0.1, 0.15) is 6.92 Å². The van der Waals surface area contributed by atoms with Crippen LogP contribution in [0.25, 0.3) is 0 Å². The predicted molar refractivity (Wildman–Crippen MR) is 37.5 cm³/mol. The SMILES string of the molecule is COCC(C)(OC)OOC(=O)O. The largest absolute Gasteiger partial charge is 0.538 e. The van der Waals surface area contributed by atoms with E-state index in [2.05, 4.69) is 9.78 Å². The summed E-state index contributed by atoms with van der Waals surface area (Å²) in [7, 11) is 2.78. The van der Waals surface area contributed by atoms with Gasteiger partial charge >= 0.3 is 6.16 Å². The normalized spacial score (nSPS) is 15.2. The Morgan fingerprint density at radius 2 is 2.08 bits per heavy atom. The molecule has 0 aliphatic heterocycles. The van der Waals surface area contributed by atoms with E-state index in [-0.39, 0.29) is 6.61 Å². The molecule has 0 aliphatic carbocycles. The summed E-state index contributed by atoms with van der Waals surface area (Å²) in [6.07, 6.45) is -1.53. The minimum atomic E-state index is -1.53. The van der Waals surface area contributed by atoms with Crippen molar-refractivity contribution in [2.45, 2.75) is 12.7 Å².